The largest absolute Gasteiger partial charge is 0.319 e. The van der Waals surface area contributed by atoms with E-state index in [4.69, 9.17) is 0 Å². The molecular formula is C14H12BrN5O. The highest BCUT2D eigenvalue weighted by atomic mass is 79.9. The highest BCUT2D eigenvalue weighted by Gasteiger charge is 2.14. The fraction of sp³-hybridized carbons (Fsp3) is 0.143. The molecule has 6 nitrogen and oxygen atoms in total. The molecule has 0 unspecified atom stereocenters. The van der Waals surface area contributed by atoms with Gasteiger partial charge in [0.15, 0.2) is 0 Å². The van der Waals surface area contributed by atoms with Crippen molar-refractivity contribution in [2.24, 2.45) is 0 Å². The van der Waals surface area contributed by atoms with E-state index in [0.717, 1.165) is 15.7 Å². The first-order chi connectivity index (χ1) is 10.0. The van der Waals surface area contributed by atoms with Crippen LogP contribution in [0, 0.1) is 13.8 Å². The summed E-state index contributed by atoms with van der Waals surface area (Å²) in [7, 11) is 0. The van der Waals surface area contributed by atoms with Crippen LogP contribution in [0.15, 0.2) is 34.9 Å². The summed E-state index contributed by atoms with van der Waals surface area (Å²) in [4.78, 5) is 20.4. The van der Waals surface area contributed by atoms with E-state index in [1.54, 1.807) is 16.8 Å². The Balaban J connectivity index is 1.90. The first-order valence-electron chi connectivity index (χ1n) is 6.30. The maximum Gasteiger partial charge on any atom is 0.295 e. The molecule has 0 radical (unpaired) electrons. The summed E-state index contributed by atoms with van der Waals surface area (Å²) >= 11 is 3.43. The van der Waals surface area contributed by atoms with Gasteiger partial charge >= 0.3 is 0 Å². The van der Waals surface area contributed by atoms with E-state index in [0.29, 0.717) is 11.5 Å². The number of hydrogen-bond donors (Lipinski definition) is 1. The van der Waals surface area contributed by atoms with Crippen LogP contribution in [0.3, 0.4) is 0 Å². The third kappa shape index (κ3) is 2.64. The zero-order valence-electron chi connectivity index (χ0n) is 11.5. The number of nitrogens with one attached hydrogen (secondary N) is 1. The van der Waals surface area contributed by atoms with E-state index in [9.17, 15) is 4.79 Å². The molecule has 106 valence electrons. The molecule has 3 aromatic rings. The van der Waals surface area contributed by atoms with Crippen molar-refractivity contribution in [3.8, 4) is 0 Å². The minimum atomic E-state index is -0.365. The number of fused-ring (bicyclic) bond motifs is 1. The van der Waals surface area contributed by atoms with Crippen LogP contribution in [0.2, 0.25) is 0 Å². The summed E-state index contributed by atoms with van der Waals surface area (Å²) < 4.78 is 2.47. The number of aryl methyl sites for hydroxylation is 2. The van der Waals surface area contributed by atoms with Gasteiger partial charge in [0.1, 0.15) is 0 Å². The van der Waals surface area contributed by atoms with Crippen molar-refractivity contribution in [1.29, 1.82) is 0 Å². The quantitative estimate of drug-likeness (QED) is 0.775. The molecule has 1 aromatic carbocycles. The molecule has 1 N–H and O–H groups in total. The number of benzene rings is 1. The standard InChI is InChI=1S/C14H12BrN5O/c1-8-3-4-10(7-11(8)15)17-13(21)12-18-14-16-6-5-9(2)20(14)19-12/h3-7H,1-2H3,(H,17,21). The van der Waals surface area contributed by atoms with Gasteiger partial charge < -0.3 is 5.32 Å². The average Bonchev–Trinajstić information content (AvgIpc) is 2.89. The van der Waals surface area contributed by atoms with Crippen molar-refractivity contribution in [2.75, 3.05) is 5.32 Å². The molecule has 21 heavy (non-hydrogen) atoms. The second-order valence-corrected chi connectivity index (χ2v) is 5.51. The predicted molar refractivity (Wildman–Crippen MR) is 82.4 cm³/mol. The van der Waals surface area contributed by atoms with Gasteiger partial charge in [-0.3, -0.25) is 4.79 Å². The lowest BCUT2D eigenvalue weighted by Gasteiger charge is -2.04. The van der Waals surface area contributed by atoms with E-state index in [2.05, 4.69) is 36.3 Å². The van der Waals surface area contributed by atoms with Gasteiger partial charge in [0.25, 0.3) is 11.7 Å². The Morgan fingerprint density at radius 1 is 1.29 bits per heavy atom. The Hall–Kier alpha value is -2.28. The molecule has 3 rings (SSSR count). The van der Waals surface area contributed by atoms with Crippen molar-refractivity contribution < 1.29 is 4.79 Å². The summed E-state index contributed by atoms with van der Waals surface area (Å²) in [5, 5.41) is 6.94. The molecule has 2 heterocycles. The lowest BCUT2D eigenvalue weighted by Crippen LogP contribution is -2.14. The van der Waals surface area contributed by atoms with Gasteiger partial charge in [-0.05, 0) is 37.6 Å². The van der Waals surface area contributed by atoms with Gasteiger partial charge in [0.05, 0.1) is 0 Å². The lowest BCUT2D eigenvalue weighted by molar-refractivity contribution is 0.101. The fourth-order valence-corrected chi connectivity index (χ4v) is 2.24. The average molecular weight is 346 g/mol. The molecule has 0 spiro atoms. The number of halogens is 1. The summed E-state index contributed by atoms with van der Waals surface area (Å²) in [6.45, 7) is 3.86. The molecule has 0 atom stereocenters. The highest BCUT2D eigenvalue weighted by molar-refractivity contribution is 9.10. The predicted octanol–water partition coefficient (Wildman–Crippen LogP) is 2.76. The third-order valence-electron chi connectivity index (χ3n) is 3.06. The zero-order chi connectivity index (χ0) is 15.0. The van der Waals surface area contributed by atoms with Gasteiger partial charge in [-0.15, -0.1) is 5.10 Å². The maximum atomic E-state index is 12.2. The van der Waals surface area contributed by atoms with Crippen molar-refractivity contribution in [2.45, 2.75) is 13.8 Å². The summed E-state index contributed by atoms with van der Waals surface area (Å²) in [6.07, 6.45) is 1.64. The smallest absolute Gasteiger partial charge is 0.295 e. The Morgan fingerprint density at radius 3 is 2.81 bits per heavy atom. The van der Waals surface area contributed by atoms with Crippen molar-refractivity contribution in [3.63, 3.8) is 0 Å². The molecule has 0 aliphatic heterocycles. The van der Waals surface area contributed by atoms with Crippen LogP contribution in [0.5, 0.6) is 0 Å². The van der Waals surface area contributed by atoms with Crippen LogP contribution >= 0.6 is 15.9 Å². The minimum Gasteiger partial charge on any atom is -0.319 e. The number of carbonyl (C=O) groups excluding carboxylic acids is 1. The van der Waals surface area contributed by atoms with E-state index in [1.165, 1.54) is 0 Å². The van der Waals surface area contributed by atoms with Crippen LogP contribution in [-0.2, 0) is 0 Å². The van der Waals surface area contributed by atoms with E-state index >= 15 is 0 Å². The first kappa shape index (κ1) is 13.7. The SMILES string of the molecule is Cc1ccc(NC(=O)c2nc3nccc(C)n3n2)cc1Br. The van der Waals surface area contributed by atoms with Gasteiger partial charge in [0, 0.05) is 22.1 Å². The summed E-state index contributed by atoms with van der Waals surface area (Å²) in [5.74, 6) is 0.134. The van der Waals surface area contributed by atoms with Crippen LogP contribution < -0.4 is 5.32 Å². The Morgan fingerprint density at radius 2 is 2.10 bits per heavy atom. The number of aromatic nitrogens is 4. The number of amides is 1. The summed E-state index contributed by atoms with van der Waals surface area (Å²) in [5.41, 5.74) is 2.64. The molecular weight excluding hydrogens is 334 g/mol. The van der Waals surface area contributed by atoms with E-state index < -0.39 is 0 Å². The van der Waals surface area contributed by atoms with Gasteiger partial charge in [-0.2, -0.15) is 4.98 Å². The van der Waals surface area contributed by atoms with E-state index in [-0.39, 0.29) is 11.7 Å². The lowest BCUT2D eigenvalue weighted by atomic mass is 10.2. The number of hydrogen-bond acceptors (Lipinski definition) is 4. The minimum absolute atomic E-state index is 0.0912. The van der Waals surface area contributed by atoms with Gasteiger partial charge in [-0.25, -0.2) is 9.50 Å². The third-order valence-corrected chi connectivity index (χ3v) is 3.92. The van der Waals surface area contributed by atoms with Crippen molar-refractivity contribution in [1.82, 2.24) is 19.6 Å². The van der Waals surface area contributed by atoms with Gasteiger partial charge in [-0.1, -0.05) is 22.0 Å². The first-order valence-corrected chi connectivity index (χ1v) is 7.10. The maximum absolute atomic E-state index is 12.2. The highest BCUT2D eigenvalue weighted by Crippen LogP contribution is 2.20. The molecule has 0 fully saturated rings. The number of anilines is 1. The molecule has 0 aliphatic carbocycles. The van der Waals surface area contributed by atoms with Crippen molar-refractivity contribution >= 4 is 33.3 Å². The second-order valence-electron chi connectivity index (χ2n) is 4.65. The Bertz CT molecular complexity index is 842. The Labute approximate surface area is 129 Å². The van der Waals surface area contributed by atoms with Crippen LogP contribution in [-0.4, -0.2) is 25.5 Å². The zero-order valence-corrected chi connectivity index (χ0v) is 13.0. The van der Waals surface area contributed by atoms with Gasteiger partial charge in [0.2, 0.25) is 5.82 Å². The Kier molecular flexibility index (Phi) is 3.42. The monoisotopic (exact) mass is 345 g/mol. The molecule has 0 bridgehead atoms. The molecule has 2 aromatic heterocycles. The molecule has 1 amide bonds. The topological polar surface area (TPSA) is 72.2 Å². The molecule has 0 saturated heterocycles. The fourth-order valence-electron chi connectivity index (χ4n) is 1.86. The normalized spacial score (nSPS) is 10.8. The van der Waals surface area contributed by atoms with E-state index in [1.807, 2.05) is 32.0 Å². The number of rotatable bonds is 2. The number of carbonyl (C=O) groups is 1. The number of nitrogens with zero attached hydrogens (tertiary/aromatic N) is 4. The van der Waals surface area contributed by atoms with Crippen LogP contribution in [0.1, 0.15) is 21.9 Å². The van der Waals surface area contributed by atoms with Crippen molar-refractivity contribution in [3.05, 3.63) is 52.0 Å². The van der Waals surface area contributed by atoms with Crippen LogP contribution in [0.25, 0.3) is 5.78 Å². The molecule has 0 aliphatic rings. The van der Waals surface area contributed by atoms with Crippen LogP contribution in [0.4, 0.5) is 5.69 Å². The molecule has 0 saturated carbocycles. The summed E-state index contributed by atoms with van der Waals surface area (Å²) in [6, 6.07) is 7.40. The second kappa shape index (κ2) is 5.25. The molecule has 7 heteroatoms.